The lowest BCUT2D eigenvalue weighted by molar-refractivity contribution is 0.407. The molecule has 0 radical (unpaired) electrons. The van der Waals surface area contributed by atoms with E-state index in [1.54, 1.807) is 24.3 Å². The van der Waals surface area contributed by atoms with Gasteiger partial charge in [0.2, 0.25) is 5.88 Å². The van der Waals surface area contributed by atoms with Gasteiger partial charge in [-0.2, -0.15) is 5.26 Å². The molecule has 0 aliphatic rings. The number of hydrogen-bond donors (Lipinski definition) is 0. The Hall–Kier alpha value is -1.77. The van der Waals surface area contributed by atoms with Gasteiger partial charge in [0.25, 0.3) is 0 Å². The monoisotopic (exact) mass is 338 g/mol. The fourth-order valence-corrected chi connectivity index (χ4v) is 2.12. The summed E-state index contributed by atoms with van der Waals surface area (Å²) in [6, 6.07) is 8.61. The first-order valence-corrected chi connectivity index (χ1v) is 6.37. The predicted molar refractivity (Wildman–Crippen MR) is 74.7 cm³/mol. The summed E-state index contributed by atoms with van der Waals surface area (Å²) in [7, 11) is 1.52. The SMILES string of the molecule is COc1cc(C#N)cc(Oc2ncc(Cl)cc2Br)c1. The van der Waals surface area contributed by atoms with Crippen LogP contribution in [0.25, 0.3) is 0 Å². The summed E-state index contributed by atoms with van der Waals surface area (Å²) in [5, 5.41) is 9.44. The smallest absolute Gasteiger partial charge is 0.233 e. The van der Waals surface area contributed by atoms with Crippen molar-refractivity contribution in [1.29, 1.82) is 5.26 Å². The summed E-state index contributed by atoms with van der Waals surface area (Å²) in [5.41, 5.74) is 0.444. The molecular weight excluding hydrogens is 332 g/mol. The number of halogens is 2. The number of ether oxygens (including phenoxy) is 2. The van der Waals surface area contributed by atoms with Gasteiger partial charge in [0.15, 0.2) is 0 Å². The zero-order valence-electron chi connectivity index (χ0n) is 9.85. The van der Waals surface area contributed by atoms with Crippen LogP contribution in [0.3, 0.4) is 0 Å². The number of benzene rings is 1. The van der Waals surface area contributed by atoms with Crippen LogP contribution in [0.5, 0.6) is 17.4 Å². The van der Waals surface area contributed by atoms with Gasteiger partial charge in [-0.3, -0.25) is 0 Å². The fourth-order valence-electron chi connectivity index (χ4n) is 1.40. The molecule has 0 aliphatic heterocycles. The van der Waals surface area contributed by atoms with Crippen LogP contribution in [0.2, 0.25) is 5.02 Å². The summed E-state index contributed by atoms with van der Waals surface area (Å²) in [5.74, 6) is 1.37. The van der Waals surface area contributed by atoms with Crippen LogP contribution in [0.15, 0.2) is 34.9 Å². The minimum absolute atomic E-state index is 0.363. The number of hydrogen-bond acceptors (Lipinski definition) is 4. The standard InChI is InChI=1S/C13H8BrClN2O2/c1-18-10-2-8(6-16)3-11(5-10)19-13-12(14)4-9(15)7-17-13/h2-5,7H,1H3. The molecular formula is C13H8BrClN2O2. The van der Waals surface area contributed by atoms with Crippen molar-refractivity contribution >= 4 is 27.5 Å². The maximum Gasteiger partial charge on any atom is 0.233 e. The van der Waals surface area contributed by atoms with E-state index >= 15 is 0 Å². The molecule has 0 spiro atoms. The average Bonchev–Trinajstić information content (AvgIpc) is 2.41. The molecule has 0 unspecified atom stereocenters. The fraction of sp³-hybridized carbons (Fsp3) is 0.0769. The third kappa shape index (κ3) is 3.37. The molecule has 1 heterocycles. The van der Waals surface area contributed by atoms with E-state index in [9.17, 15) is 0 Å². The minimum Gasteiger partial charge on any atom is -0.497 e. The van der Waals surface area contributed by atoms with E-state index in [1.165, 1.54) is 13.3 Å². The Bertz CT molecular complexity index is 656. The van der Waals surface area contributed by atoms with Gasteiger partial charge in [0.1, 0.15) is 11.5 Å². The third-order valence-electron chi connectivity index (χ3n) is 2.23. The molecule has 0 aliphatic carbocycles. The van der Waals surface area contributed by atoms with Crippen LogP contribution >= 0.6 is 27.5 Å². The van der Waals surface area contributed by atoms with Gasteiger partial charge in [0.05, 0.1) is 28.2 Å². The Morgan fingerprint density at radius 2 is 2.00 bits per heavy atom. The van der Waals surface area contributed by atoms with E-state index in [4.69, 9.17) is 26.3 Å². The first-order valence-electron chi connectivity index (χ1n) is 5.20. The predicted octanol–water partition coefficient (Wildman–Crippen LogP) is 4.17. The Labute approximate surface area is 123 Å². The number of nitriles is 1. The van der Waals surface area contributed by atoms with Gasteiger partial charge in [0, 0.05) is 12.3 Å². The molecule has 2 aromatic rings. The molecule has 4 nitrogen and oxygen atoms in total. The summed E-state index contributed by atoms with van der Waals surface area (Å²) in [6.07, 6.45) is 1.48. The topological polar surface area (TPSA) is 55.1 Å². The largest absolute Gasteiger partial charge is 0.497 e. The first kappa shape index (κ1) is 13.7. The van der Waals surface area contributed by atoms with Gasteiger partial charge >= 0.3 is 0 Å². The van der Waals surface area contributed by atoms with Gasteiger partial charge < -0.3 is 9.47 Å². The zero-order valence-corrected chi connectivity index (χ0v) is 12.2. The van der Waals surface area contributed by atoms with Crippen molar-refractivity contribution in [3.8, 4) is 23.4 Å². The number of methoxy groups -OCH3 is 1. The summed E-state index contributed by atoms with van der Waals surface area (Å²) in [6.45, 7) is 0. The minimum atomic E-state index is 0.363. The van der Waals surface area contributed by atoms with E-state index in [0.717, 1.165) is 0 Å². The lowest BCUT2D eigenvalue weighted by Crippen LogP contribution is -1.91. The van der Waals surface area contributed by atoms with E-state index in [-0.39, 0.29) is 0 Å². The molecule has 0 saturated heterocycles. The van der Waals surface area contributed by atoms with Crippen LogP contribution in [0, 0.1) is 11.3 Å². The first-order chi connectivity index (χ1) is 9.12. The molecule has 1 aromatic carbocycles. The van der Waals surface area contributed by atoms with E-state index in [2.05, 4.69) is 20.9 Å². The Balaban J connectivity index is 2.35. The van der Waals surface area contributed by atoms with Gasteiger partial charge in [-0.1, -0.05) is 11.6 Å². The van der Waals surface area contributed by atoms with E-state index < -0.39 is 0 Å². The van der Waals surface area contributed by atoms with E-state index in [0.29, 0.717) is 32.4 Å². The summed E-state index contributed by atoms with van der Waals surface area (Å²) < 4.78 is 11.3. The normalized spacial score (nSPS) is 9.79. The number of nitrogens with zero attached hydrogens (tertiary/aromatic N) is 2. The maximum absolute atomic E-state index is 8.94. The second kappa shape index (κ2) is 5.91. The number of pyridine rings is 1. The highest BCUT2D eigenvalue weighted by Gasteiger charge is 2.08. The molecule has 0 bridgehead atoms. The number of aromatic nitrogens is 1. The molecule has 19 heavy (non-hydrogen) atoms. The molecule has 0 saturated carbocycles. The molecule has 2 rings (SSSR count). The second-order valence-electron chi connectivity index (χ2n) is 3.55. The lowest BCUT2D eigenvalue weighted by atomic mass is 10.2. The van der Waals surface area contributed by atoms with Gasteiger partial charge in [-0.25, -0.2) is 4.98 Å². The lowest BCUT2D eigenvalue weighted by Gasteiger charge is -2.08. The van der Waals surface area contributed by atoms with E-state index in [1.807, 2.05) is 6.07 Å². The molecule has 96 valence electrons. The van der Waals surface area contributed by atoms with Crippen LogP contribution in [-0.2, 0) is 0 Å². The maximum atomic E-state index is 8.94. The highest BCUT2D eigenvalue weighted by atomic mass is 79.9. The van der Waals surface area contributed by atoms with Crippen molar-refractivity contribution in [3.05, 3.63) is 45.5 Å². The molecule has 0 atom stereocenters. The second-order valence-corrected chi connectivity index (χ2v) is 4.84. The summed E-state index contributed by atoms with van der Waals surface area (Å²) in [4.78, 5) is 4.06. The van der Waals surface area contributed by atoms with Crippen molar-refractivity contribution in [2.75, 3.05) is 7.11 Å². The van der Waals surface area contributed by atoms with Crippen molar-refractivity contribution in [3.63, 3.8) is 0 Å². The Kier molecular flexibility index (Phi) is 4.25. The molecule has 1 aromatic heterocycles. The molecule has 6 heteroatoms. The van der Waals surface area contributed by atoms with Crippen molar-refractivity contribution in [2.24, 2.45) is 0 Å². The Morgan fingerprint density at radius 1 is 1.26 bits per heavy atom. The van der Waals surface area contributed by atoms with Crippen molar-refractivity contribution in [2.45, 2.75) is 0 Å². The highest BCUT2D eigenvalue weighted by molar-refractivity contribution is 9.10. The van der Waals surface area contributed by atoms with Crippen LogP contribution in [0.4, 0.5) is 0 Å². The molecule has 0 amide bonds. The summed E-state index contributed by atoms with van der Waals surface area (Å²) >= 11 is 9.11. The Morgan fingerprint density at radius 3 is 2.63 bits per heavy atom. The van der Waals surface area contributed by atoms with Gasteiger partial charge in [-0.05, 0) is 34.1 Å². The third-order valence-corrected chi connectivity index (χ3v) is 3.01. The average molecular weight is 340 g/mol. The van der Waals surface area contributed by atoms with Crippen LogP contribution in [-0.4, -0.2) is 12.1 Å². The van der Waals surface area contributed by atoms with Gasteiger partial charge in [-0.15, -0.1) is 0 Å². The van der Waals surface area contributed by atoms with Crippen LogP contribution in [0.1, 0.15) is 5.56 Å². The highest BCUT2D eigenvalue weighted by Crippen LogP contribution is 2.31. The van der Waals surface area contributed by atoms with Crippen molar-refractivity contribution < 1.29 is 9.47 Å². The molecule has 0 fully saturated rings. The molecule has 0 N–H and O–H groups in total. The number of rotatable bonds is 3. The zero-order chi connectivity index (χ0) is 13.8. The van der Waals surface area contributed by atoms with Crippen molar-refractivity contribution in [1.82, 2.24) is 4.98 Å². The quantitative estimate of drug-likeness (QED) is 0.842. The van der Waals surface area contributed by atoms with Crippen LogP contribution < -0.4 is 9.47 Å².